The predicted molar refractivity (Wildman–Crippen MR) is 145 cm³/mol. The predicted octanol–water partition coefficient (Wildman–Crippen LogP) is 7.21. The number of rotatable bonds is 4. The van der Waals surface area contributed by atoms with Gasteiger partial charge in [-0.2, -0.15) is 0 Å². The third-order valence-corrected chi connectivity index (χ3v) is 6.54. The first-order valence-electron chi connectivity index (χ1n) is 11.3. The molecule has 0 aliphatic rings. The zero-order chi connectivity index (χ0) is 24.6. The van der Waals surface area contributed by atoms with Crippen LogP contribution in [0.2, 0.25) is 10.0 Å². The normalized spacial score (nSPS) is 11.2. The highest BCUT2D eigenvalue weighted by Gasteiger charge is 2.19. The fourth-order valence-electron chi connectivity index (χ4n) is 4.20. The Morgan fingerprint density at radius 1 is 0.694 bits per heavy atom. The molecule has 0 amide bonds. The van der Waals surface area contributed by atoms with Gasteiger partial charge in [-0.3, -0.25) is 9.36 Å². The number of para-hydroxylation sites is 1. The summed E-state index contributed by atoms with van der Waals surface area (Å²) in [6.07, 6.45) is 1.70. The first kappa shape index (κ1) is 22.3. The third kappa shape index (κ3) is 3.98. The fourth-order valence-corrected chi connectivity index (χ4v) is 4.59. The van der Waals surface area contributed by atoms with Gasteiger partial charge < -0.3 is 0 Å². The molecule has 0 radical (unpaired) electrons. The summed E-state index contributed by atoms with van der Waals surface area (Å²) in [5.41, 5.74) is 4.20. The molecule has 0 unspecified atom stereocenters. The Bertz CT molecular complexity index is 1760. The lowest BCUT2D eigenvalue weighted by Gasteiger charge is -2.14. The van der Waals surface area contributed by atoms with Gasteiger partial charge in [0.2, 0.25) is 0 Å². The number of aromatic nitrogens is 4. The average molecular weight is 509 g/mol. The molecule has 0 saturated carbocycles. The number of nitrogens with zero attached hydrogens (tertiary/aromatic N) is 4. The quantitative estimate of drug-likeness (QED) is 0.252. The molecule has 0 aliphatic heterocycles. The molecule has 0 atom stereocenters. The van der Waals surface area contributed by atoms with E-state index in [1.54, 1.807) is 39.7 Å². The van der Waals surface area contributed by atoms with Crippen LogP contribution in [0.5, 0.6) is 0 Å². The molecule has 6 rings (SSSR count). The molecular formula is C29H18Cl2N4O. The van der Waals surface area contributed by atoms with Gasteiger partial charge in [0.05, 0.1) is 16.4 Å². The van der Waals surface area contributed by atoms with E-state index >= 15 is 0 Å². The molecule has 36 heavy (non-hydrogen) atoms. The van der Waals surface area contributed by atoms with E-state index in [2.05, 4.69) is 5.10 Å². The highest BCUT2D eigenvalue weighted by atomic mass is 35.5. The minimum atomic E-state index is -0.247. The van der Waals surface area contributed by atoms with E-state index < -0.39 is 0 Å². The van der Waals surface area contributed by atoms with Gasteiger partial charge in [0.15, 0.2) is 11.5 Å². The Morgan fingerprint density at radius 3 is 2.08 bits per heavy atom. The highest BCUT2D eigenvalue weighted by molar-refractivity contribution is 6.33. The summed E-state index contributed by atoms with van der Waals surface area (Å²) < 4.78 is 3.22. The number of halogens is 2. The Morgan fingerprint density at radius 2 is 1.39 bits per heavy atom. The molecule has 174 valence electrons. The van der Waals surface area contributed by atoms with Crippen LogP contribution in [0.4, 0.5) is 0 Å². The Kier molecular flexibility index (Phi) is 5.64. The van der Waals surface area contributed by atoms with Crippen molar-refractivity contribution in [1.82, 2.24) is 19.3 Å². The van der Waals surface area contributed by atoms with Gasteiger partial charge in [-0.15, -0.1) is 5.10 Å². The molecule has 4 aromatic carbocycles. The van der Waals surface area contributed by atoms with Crippen molar-refractivity contribution < 1.29 is 0 Å². The van der Waals surface area contributed by atoms with Gasteiger partial charge in [0, 0.05) is 16.8 Å². The van der Waals surface area contributed by atoms with Crippen molar-refractivity contribution in [2.24, 2.45) is 0 Å². The van der Waals surface area contributed by atoms with Crippen LogP contribution in [0, 0.1) is 0 Å². The first-order chi connectivity index (χ1) is 17.6. The average Bonchev–Trinajstić information content (AvgIpc) is 3.35. The molecule has 2 aromatic heterocycles. The second-order valence-corrected chi connectivity index (χ2v) is 9.10. The van der Waals surface area contributed by atoms with Crippen molar-refractivity contribution in [2.45, 2.75) is 0 Å². The Hall–Kier alpha value is -4.19. The minimum Gasteiger partial charge on any atom is -0.268 e. The van der Waals surface area contributed by atoms with Gasteiger partial charge in [-0.05, 0) is 59.7 Å². The van der Waals surface area contributed by atoms with Gasteiger partial charge >= 0.3 is 0 Å². The minimum absolute atomic E-state index is 0.247. The second-order valence-electron chi connectivity index (χ2n) is 8.26. The van der Waals surface area contributed by atoms with Crippen LogP contribution in [0.25, 0.3) is 44.9 Å². The summed E-state index contributed by atoms with van der Waals surface area (Å²) in [4.78, 5) is 18.7. The van der Waals surface area contributed by atoms with Crippen LogP contribution >= 0.6 is 23.2 Å². The van der Waals surface area contributed by atoms with E-state index in [1.165, 1.54) is 0 Å². The van der Waals surface area contributed by atoms with Gasteiger partial charge in [0.25, 0.3) is 5.56 Å². The molecule has 5 nitrogen and oxygen atoms in total. The zero-order valence-electron chi connectivity index (χ0n) is 18.8. The van der Waals surface area contributed by atoms with Crippen molar-refractivity contribution in [2.75, 3.05) is 0 Å². The zero-order valence-corrected chi connectivity index (χ0v) is 20.4. The molecule has 0 aliphatic carbocycles. The van der Waals surface area contributed by atoms with E-state index in [-0.39, 0.29) is 5.56 Å². The van der Waals surface area contributed by atoms with Gasteiger partial charge in [-0.1, -0.05) is 77.8 Å². The van der Waals surface area contributed by atoms with E-state index in [0.717, 1.165) is 16.8 Å². The molecule has 0 spiro atoms. The van der Waals surface area contributed by atoms with Crippen molar-refractivity contribution >= 4 is 34.2 Å². The summed E-state index contributed by atoms with van der Waals surface area (Å²) in [6, 6.07) is 32.4. The molecule has 0 fully saturated rings. The summed E-state index contributed by atoms with van der Waals surface area (Å²) in [5, 5.41) is 6.05. The number of hydrogen-bond donors (Lipinski definition) is 0. The number of fused-ring (bicyclic) bond motifs is 1. The van der Waals surface area contributed by atoms with Crippen LogP contribution in [-0.4, -0.2) is 19.3 Å². The molecule has 0 N–H and O–H groups in total. The Balaban J connectivity index is 1.59. The van der Waals surface area contributed by atoms with E-state index in [9.17, 15) is 4.79 Å². The molecule has 7 heteroatoms. The lowest BCUT2D eigenvalue weighted by molar-refractivity contribution is 0.888. The maximum absolute atomic E-state index is 13.8. The second kappa shape index (κ2) is 9.11. The van der Waals surface area contributed by atoms with E-state index in [0.29, 0.717) is 38.2 Å². The van der Waals surface area contributed by atoms with Crippen LogP contribution < -0.4 is 5.56 Å². The molecule has 0 bridgehead atoms. The summed E-state index contributed by atoms with van der Waals surface area (Å²) >= 11 is 12.9. The number of benzene rings is 4. The van der Waals surface area contributed by atoms with Crippen molar-refractivity contribution in [3.8, 4) is 33.9 Å². The molecule has 2 heterocycles. The van der Waals surface area contributed by atoms with Crippen molar-refractivity contribution in [1.29, 1.82) is 0 Å². The Labute approximate surface area is 216 Å². The van der Waals surface area contributed by atoms with Crippen molar-refractivity contribution in [3.63, 3.8) is 0 Å². The van der Waals surface area contributed by atoms with Crippen LogP contribution in [0.15, 0.2) is 114 Å². The molecular weight excluding hydrogens is 491 g/mol. The SMILES string of the molecule is O=c1c2cn(-c3ccccc3)nc2nc(-c2ccc(-c3ccccc3)cc2Cl)n1-c1ccc(Cl)cc1. The highest BCUT2D eigenvalue weighted by Crippen LogP contribution is 2.33. The third-order valence-electron chi connectivity index (χ3n) is 5.97. The molecule has 6 aromatic rings. The van der Waals surface area contributed by atoms with Gasteiger partial charge in [-0.25, -0.2) is 9.67 Å². The van der Waals surface area contributed by atoms with E-state index in [4.69, 9.17) is 28.2 Å². The van der Waals surface area contributed by atoms with Crippen molar-refractivity contribution in [3.05, 3.63) is 130 Å². The summed E-state index contributed by atoms with van der Waals surface area (Å²) in [5.74, 6) is 0.401. The largest absolute Gasteiger partial charge is 0.269 e. The number of hydrogen-bond acceptors (Lipinski definition) is 3. The standard InChI is InChI=1S/C29H18Cl2N4O/c30-21-12-14-23(15-13-21)35-28(24-16-11-20(17-26(24)31)19-7-3-1-4-8-19)32-27-25(29(35)36)18-34(33-27)22-9-5-2-6-10-22/h1-18H. The molecule has 0 saturated heterocycles. The fraction of sp³-hybridized carbons (Fsp3) is 0. The van der Waals surface area contributed by atoms with Crippen LogP contribution in [0.1, 0.15) is 0 Å². The summed E-state index contributed by atoms with van der Waals surface area (Å²) in [7, 11) is 0. The lowest BCUT2D eigenvalue weighted by atomic mass is 10.0. The smallest absolute Gasteiger partial charge is 0.268 e. The van der Waals surface area contributed by atoms with Crippen LogP contribution in [0.3, 0.4) is 0 Å². The lowest BCUT2D eigenvalue weighted by Crippen LogP contribution is -2.21. The maximum atomic E-state index is 13.8. The monoisotopic (exact) mass is 508 g/mol. The van der Waals surface area contributed by atoms with Gasteiger partial charge in [0.1, 0.15) is 5.39 Å². The van der Waals surface area contributed by atoms with Crippen LogP contribution in [-0.2, 0) is 0 Å². The van der Waals surface area contributed by atoms with E-state index in [1.807, 2.05) is 78.9 Å². The topological polar surface area (TPSA) is 52.7 Å². The summed E-state index contributed by atoms with van der Waals surface area (Å²) in [6.45, 7) is 0. The maximum Gasteiger partial charge on any atom is 0.269 e. The first-order valence-corrected chi connectivity index (χ1v) is 12.0.